The quantitative estimate of drug-likeness (QED) is 0.393. The van der Waals surface area contributed by atoms with E-state index in [2.05, 4.69) is 36.2 Å². The molecule has 1 aromatic carbocycles. The molecule has 1 aromatic rings. The molecule has 0 spiro atoms. The SMILES string of the molecule is CCCCN=CSCc1ccccc1. The molecule has 0 atom stereocenters. The van der Waals surface area contributed by atoms with E-state index in [4.69, 9.17) is 0 Å². The van der Waals surface area contributed by atoms with E-state index in [1.54, 1.807) is 11.8 Å². The molecule has 0 unspecified atom stereocenters. The largest absolute Gasteiger partial charge is 0.286 e. The third-order valence-electron chi connectivity index (χ3n) is 1.88. The second kappa shape index (κ2) is 7.63. The van der Waals surface area contributed by atoms with Gasteiger partial charge in [-0.25, -0.2) is 0 Å². The minimum absolute atomic E-state index is 0.971. The first-order valence-corrected chi connectivity index (χ1v) is 6.12. The van der Waals surface area contributed by atoms with Gasteiger partial charge in [0, 0.05) is 12.3 Å². The molecule has 0 amide bonds. The highest BCUT2D eigenvalue weighted by Crippen LogP contribution is 2.08. The van der Waals surface area contributed by atoms with E-state index >= 15 is 0 Å². The molecule has 0 aliphatic heterocycles. The summed E-state index contributed by atoms with van der Waals surface area (Å²) >= 11 is 1.77. The van der Waals surface area contributed by atoms with Gasteiger partial charge in [-0.05, 0) is 12.0 Å². The topological polar surface area (TPSA) is 12.4 Å². The molecular formula is C12H17NS. The number of nitrogens with zero attached hydrogens (tertiary/aromatic N) is 1. The number of thioether (sulfide) groups is 1. The molecule has 0 N–H and O–H groups in total. The van der Waals surface area contributed by atoms with Crippen molar-refractivity contribution in [1.29, 1.82) is 0 Å². The van der Waals surface area contributed by atoms with Crippen molar-refractivity contribution in [2.24, 2.45) is 4.99 Å². The number of unbranched alkanes of at least 4 members (excludes halogenated alkanes) is 1. The van der Waals surface area contributed by atoms with Gasteiger partial charge in [-0.15, -0.1) is 11.8 Å². The zero-order valence-electron chi connectivity index (χ0n) is 8.65. The van der Waals surface area contributed by atoms with E-state index in [-0.39, 0.29) is 0 Å². The lowest BCUT2D eigenvalue weighted by Crippen LogP contribution is -1.81. The Hall–Kier alpha value is -0.760. The van der Waals surface area contributed by atoms with Gasteiger partial charge in [0.05, 0.1) is 5.55 Å². The minimum atomic E-state index is 0.971. The average molecular weight is 207 g/mol. The van der Waals surface area contributed by atoms with Crippen LogP contribution in [0.1, 0.15) is 25.3 Å². The fraction of sp³-hybridized carbons (Fsp3) is 0.417. The minimum Gasteiger partial charge on any atom is -0.286 e. The van der Waals surface area contributed by atoms with E-state index in [1.807, 2.05) is 11.6 Å². The Bertz CT molecular complexity index is 256. The normalized spacial score (nSPS) is 10.9. The first-order valence-electron chi connectivity index (χ1n) is 5.07. The molecule has 1 nitrogen and oxygen atoms in total. The van der Waals surface area contributed by atoms with E-state index in [0.29, 0.717) is 0 Å². The highest BCUT2D eigenvalue weighted by Gasteiger charge is 1.88. The summed E-state index contributed by atoms with van der Waals surface area (Å²) in [5.41, 5.74) is 3.34. The van der Waals surface area contributed by atoms with Gasteiger partial charge in [-0.3, -0.25) is 4.99 Å². The average Bonchev–Trinajstić information content (AvgIpc) is 2.25. The molecule has 0 aromatic heterocycles. The van der Waals surface area contributed by atoms with Gasteiger partial charge >= 0.3 is 0 Å². The second-order valence-corrected chi connectivity index (χ2v) is 3.99. The lowest BCUT2D eigenvalue weighted by Gasteiger charge is -1.95. The molecule has 0 saturated carbocycles. The van der Waals surface area contributed by atoms with Gasteiger partial charge in [-0.2, -0.15) is 0 Å². The van der Waals surface area contributed by atoms with Gasteiger partial charge in [-0.1, -0.05) is 43.7 Å². The highest BCUT2D eigenvalue weighted by molar-refractivity contribution is 8.11. The predicted octanol–water partition coefficient (Wildman–Crippen LogP) is 3.75. The van der Waals surface area contributed by atoms with E-state index in [1.165, 1.54) is 18.4 Å². The first-order chi connectivity index (χ1) is 6.93. The highest BCUT2D eigenvalue weighted by atomic mass is 32.2. The Kier molecular flexibility index (Phi) is 6.16. The molecular weight excluding hydrogens is 190 g/mol. The molecule has 2 heteroatoms. The van der Waals surface area contributed by atoms with Crippen molar-refractivity contribution >= 4 is 17.3 Å². The maximum absolute atomic E-state index is 4.31. The predicted molar refractivity (Wildman–Crippen MR) is 66.0 cm³/mol. The molecule has 14 heavy (non-hydrogen) atoms. The van der Waals surface area contributed by atoms with Crippen LogP contribution in [-0.2, 0) is 5.75 Å². The van der Waals surface area contributed by atoms with Crippen LogP contribution in [0, 0.1) is 0 Å². The van der Waals surface area contributed by atoms with E-state index in [9.17, 15) is 0 Å². The van der Waals surface area contributed by atoms with Crippen LogP contribution in [0.3, 0.4) is 0 Å². The third-order valence-corrected chi connectivity index (χ3v) is 2.68. The zero-order valence-corrected chi connectivity index (χ0v) is 9.46. The summed E-state index contributed by atoms with van der Waals surface area (Å²) in [6.07, 6.45) is 2.42. The first kappa shape index (κ1) is 11.3. The standard InChI is InChI=1S/C12H17NS/c1-2-3-9-13-11-14-10-12-7-5-4-6-8-12/h4-8,11H,2-3,9-10H2,1H3. The summed E-state index contributed by atoms with van der Waals surface area (Å²) in [7, 11) is 0. The van der Waals surface area contributed by atoms with Crippen LogP contribution in [0.15, 0.2) is 35.3 Å². The Labute approximate surface area is 90.6 Å². The summed E-state index contributed by atoms with van der Waals surface area (Å²) in [5, 5.41) is 0. The maximum Gasteiger partial charge on any atom is 0.0544 e. The molecule has 0 radical (unpaired) electrons. The molecule has 0 saturated heterocycles. The summed E-state index contributed by atoms with van der Waals surface area (Å²) in [5.74, 6) is 1.02. The van der Waals surface area contributed by atoms with E-state index in [0.717, 1.165) is 12.3 Å². The van der Waals surface area contributed by atoms with Crippen LogP contribution < -0.4 is 0 Å². The van der Waals surface area contributed by atoms with E-state index < -0.39 is 0 Å². The number of hydrogen-bond donors (Lipinski definition) is 0. The number of benzene rings is 1. The van der Waals surface area contributed by atoms with Crippen molar-refractivity contribution in [2.45, 2.75) is 25.5 Å². The monoisotopic (exact) mass is 207 g/mol. The molecule has 0 bridgehead atoms. The van der Waals surface area contributed by atoms with Gasteiger partial charge in [0.1, 0.15) is 0 Å². The third kappa shape index (κ3) is 5.07. The number of aliphatic imine (C=N–C) groups is 1. The fourth-order valence-corrected chi connectivity index (χ4v) is 1.73. The Balaban J connectivity index is 2.12. The molecule has 1 rings (SSSR count). The van der Waals surface area contributed by atoms with Crippen molar-refractivity contribution in [3.8, 4) is 0 Å². The van der Waals surface area contributed by atoms with Gasteiger partial charge < -0.3 is 0 Å². The van der Waals surface area contributed by atoms with Crippen LogP contribution in [0.4, 0.5) is 0 Å². The molecule has 0 fully saturated rings. The van der Waals surface area contributed by atoms with Crippen molar-refractivity contribution in [2.75, 3.05) is 6.54 Å². The van der Waals surface area contributed by atoms with Gasteiger partial charge in [0.25, 0.3) is 0 Å². The molecule has 0 aliphatic rings. The van der Waals surface area contributed by atoms with Crippen LogP contribution in [0.25, 0.3) is 0 Å². The lowest BCUT2D eigenvalue weighted by molar-refractivity contribution is 0.811. The molecule has 76 valence electrons. The zero-order chi connectivity index (χ0) is 10.1. The lowest BCUT2D eigenvalue weighted by atomic mass is 10.2. The Morgan fingerprint density at radius 1 is 1.29 bits per heavy atom. The van der Waals surface area contributed by atoms with Crippen molar-refractivity contribution in [3.05, 3.63) is 35.9 Å². The maximum atomic E-state index is 4.31. The summed E-state index contributed by atoms with van der Waals surface area (Å²) in [6, 6.07) is 10.5. The summed E-state index contributed by atoms with van der Waals surface area (Å²) in [4.78, 5) is 4.31. The van der Waals surface area contributed by atoms with Crippen LogP contribution in [0.2, 0.25) is 0 Å². The summed E-state index contributed by atoms with van der Waals surface area (Å²) in [6.45, 7) is 3.16. The molecule has 0 heterocycles. The number of hydrogen-bond acceptors (Lipinski definition) is 2. The Morgan fingerprint density at radius 2 is 2.07 bits per heavy atom. The van der Waals surface area contributed by atoms with Gasteiger partial charge in [0.15, 0.2) is 0 Å². The van der Waals surface area contributed by atoms with Crippen LogP contribution in [0.5, 0.6) is 0 Å². The summed E-state index contributed by atoms with van der Waals surface area (Å²) < 4.78 is 0. The Morgan fingerprint density at radius 3 is 2.79 bits per heavy atom. The van der Waals surface area contributed by atoms with Crippen LogP contribution >= 0.6 is 11.8 Å². The number of rotatable bonds is 6. The second-order valence-electron chi connectivity index (χ2n) is 3.16. The van der Waals surface area contributed by atoms with Gasteiger partial charge in [0.2, 0.25) is 0 Å². The van der Waals surface area contributed by atoms with Crippen molar-refractivity contribution < 1.29 is 0 Å². The molecule has 0 aliphatic carbocycles. The fourth-order valence-electron chi connectivity index (χ4n) is 1.06. The van der Waals surface area contributed by atoms with Crippen LogP contribution in [-0.4, -0.2) is 12.1 Å². The van der Waals surface area contributed by atoms with Crippen molar-refractivity contribution in [3.63, 3.8) is 0 Å². The smallest absolute Gasteiger partial charge is 0.0544 e. The van der Waals surface area contributed by atoms with Crippen molar-refractivity contribution in [1.82, 2.24) is 0 Å².